The molecule has 0 aromatic carbocycles. The van der Waals surface area contributed by atoms with Crippen molar-refractivity contribution >= 4 is 5.69 Å². The zero-order valence-corrected chi connectivity index (χ0v) is 9.53. The first kappa shape index (κ1) is 10.4. The minimum Gasteiger partial charge on any atom is -0.368 e. The van der Waals surface area contributed by atoms with E-state index in [-0.39, 0.29) is 5.54 Å². The Morgan fingerprint density at radius 2 is 2.27 bits per heavy atom. The molecule has 3 nitrogen and oxygen atoms in total. The molecule has 15 heavy (non-hydrogen) atoms. The summed E-state index contributed by atoms with van der Waals surface area (Å²) in [5.74, 6) is 0. The smallest absolute Gasteiger partial charge is 0.0509 e. The van der Waals surface area contributed by atoms with Crippen molar-refractivity contribution in [1.29, 1.82) is 0 Å². The first-order valence-electron chi connectivity index (χ1n) is 5.59. The molecule has 1 fully saturated rings. The average molecular weight is 205 g/mol. The van der Waals surface area contributed by atoms with E-state index in [9.17, 15) is 0 Å². The van der Waals surface area contributed by atoms with Gasteiger partial charge in [-0.15, -0.1) is 0 Å². The first-order chi connectivity index (χ1) is 7.13. The van der Waals surface area contributed by atoms with Gasteiger partial charge in [-0.2, -0.15) is 0 Å². The van der Waals surface area contributed by atoms with Gasteiger partial charge in [-0.05, 0) is 25.5 Å². The van der Waals surface area contributed by atoms with Gasteiger partial charge in [0.2, 0.25) is 0 Å². The maximum atomic E-state index is 6.22. The lowest BCUT2D eigenvalue weighted by molar-refractivity contribution is 0.307. The Labute approximate surface area is 91.3 Å². The number of anilines is 1. The molecule has 0 unspecified atom stereocenters. The second-order valence-corrected chi connectivity index (χ2v) is 4.62. The molecule has 1 aromatic rings. The Bertz CT molecular complexity index is 342. The van der Waals surface area contributed by atoms with Gasteiger partial charge in [0.05, 0.1) is 5.54 Å². The van der Waals surface area contributed by atoms with Gasteiger partial charge in [0.25, 0.3) is 0 Å². The maximum absolute atomic E-state index is 6.22. The highest BCUT2D eigenvalue weighted by Gasteiger charge is 2.38. The van der Waals surface area contributed by atoms with Crippen LogP contribution < -0.4 is 10.6 Å². The third-order valence-electron chi connectivity index (χ3n) is 3.00. The summed E-state index contributed by atoms with van der Waals surface area (Å²) in [5.41, 5.74) is 8.59. The second kappa shape index (κ2) is 3.81. The third-order valence-corrected chi connectivity index (χ3v) is 3.00. The van der Waals surface area contributed by atoms with Crippen LogP contribution >= 0.6 is 0 Å². The summed E-state index contributed by atoms with van der Waals surface area (Å²) < 4.78 is 0. The molecule has 3 heteroatoms. The van der Waals surface area contributed by atoms with Crippen LogP contribution in [0.2, 0.25) is 0 Å². The average Bonchev–Trinajstić information content (AvgIpc) is 2.14. The number of aromatic nitrogens is 1. The lowest BCUT2D eigenvalue weighted by Gasteiger charge is -2.49. The van der Waals surface area contributed by atoms with Crippen LogP contribution in [-0.4, -0.2) is 23.6 Å². The van der Waals surface area contributed by atoms with E-state index in [0.717, 1.165) is 25.2 Å². The molecule has 0 atom stereocenters. The third kappa shape index (κ3) is 2.12. The Morgan fingerprint density at radius 3 is 2.87 bits per heavy atom. The number of aryl methyl sites for hydroxylation is 1. The molecule has 82 valence electrons. The molecule has 0 radical (unpaired) electrons. The molecular formula is C12H19N3. The normalized spacial score (nSPS) is 18.7. The van der Waals surface area contributed by atoms with E-state index in [1.165, 1.54) is 12.1 Å². The zero-order valence-electron chi connectivity index (χ0n) is 9.53. The minimum atomic E-state index is 0.0475. The fraction of sp³-hybridized carbons (Fsp3) is 0.583. The van der Waals surface area contributed by atoms with Crippen LogP contribution in [0.3, 0.4) is 0 Å². The number of nitrogens with zero attached hydrogens (tertiary/aromatic N) is 2. The van der Waals surface area contributed by atoms with Crippen molar-refractivity contribution in [2.24, 2.45) is 5.73 Å². The highest BCUT2D eigenvalue weighted by Crippen LogP contribution is 2.28. The highest BCUT2D eigenvalue weighted by atomic mass is 15.3. The molecule has 1 aliphatic heterocycles. The molecule has 0 bridgehead atoms. The maximum Gasteiger partial charge on any atom is 0.0509 e. The van der Waals surface area contributed by atoms with Crippen LogP contribution in [0.15, 0.2) is 18.3 Å². The number of nitrogens with two attached hydrogens (primary N) is 1. The van der Waals surface area contributed by atoms with Crippen molar-refractivity contribution in [3.63, 3.8) is 0 Å². The van der Waals surface area contributed by atoms with Gasteiger partial charge in [0.15, 0.2) is 0 Å². The Balaban J connectivity index is 2.00. The molecule has 1 saturated heterocycles. The van der Waals surface area contributed by atoms with E-state index in [1.807, 2.05) is 13.1 Å². The van der Waals surface area contributed by atoms with Crippen molar-refractivity contribution in [2.75, 3.05) is 18.0 Å². The van der Waals surface area contributed by atoms with Crippen molar-refractivity contribution < 1.29 is 0 Å². The van der Waals surface area contributed by atoms with Crippen LogP contribution in [0.1, 0.15) is 25.5 Å². The Morgan fingerprint density at radius 1 is 1.53 bits per heavy atom. The van der Waals surface area contributed by atoms with E-state index in [4.69, 9.17) is 5.73 Å². The fourth-order valence-electron chi connectivity index (χ4n) is 2.28. The van der Waals surface area contributed by atoms with E-state index in [2.05, 4.69) is 28.9 Å². The molecule has 1 aromatic heterocycles. The largest absolute Gasteiger partial charge is 0.368 e. The molecule has 0 aliphatic carbocycles. The topological polar surface area (TPSA) is 42.1 Å². The lowest BCUT2D eigenvalue weighted by Crippen LogP contribution is -2.67. The predicted molar refractivity (Wildman–Crippen MR) is 63.0 cm³/mol. The number of hydrogen-bond donors (Lipinski definition) is 1. The van der Waals surface area contributed by atoms with E-state index in [1.54, 1.807) is 0 Å². The number of hydrogen-bond acceptors (Lipinski definition) is 3. The van der Waals surface area contributed by atoms with Gasteiger partial charge >= 0.3 is 0 Å². The molecule has 2 heterocycles. The highest BCUT2D eigenvalue weighted by molar-refractivity contribution is 5.50. The second-order valence-electron chi connectivity index (χ2n) is 4.62. The molecule has 0 amide bonds. The summed E-state index contributed by atoms with van der Waals surface area (Å²) >= 11 is 0. The monoisotopic (exact) mass is 205 g/mol. The minimum absolute atomic E-state index is 0.0475. The summed E-state index contributed by atoms with van der Waals surface area (Å²) in [6.45, 7) is 6.16. The molecule has 2 N–H and O–H groups in total. The molecule has 2 rings (SSSR count). The lowest BCUT2D eigenvalue weighted by atomic mass is 9.86. The fourth-order valence-corrected chi connectivity index (χ4v) is 2.28. The van der Waals surface area contributed by atoms with Crippen LogP contribution in [0, 0.1) is 6.92 Å². The Hall–Kier alpha value is -1.09. The molecule has 0 saturated carbocycles. The summed E-state index contributed by atoms with van der Waals surface area (Å²) in [7, 11) is 0. The number of pyridine rings is 1. The van der Waals surface area contributed by atoms with Crippen molar-refractivity contribution in [3.05, 3.63) is 24.0 Å². The van der Waals surface area contributed by atoms with Gasteiger partial charge < -0.3 is 10.6 Å². The van der Waals surface area contributed by atoms with Crippen LogP contribution in [0.5, 0.6) is 0 Å². The van der Waals surface area contributed by atoms with Crippen molar-refractivity contribution in [2.45, 2.75) is 32.2 Å². The van der Waals surface area contributed by atoms with E-state index in [0.29, 0.717) is 0 Å². The van der Waals surface area contributed by atoms with Gasteiger partial charge in [-0.25, -0.2) is 0 Å². The summed E-state index contributed by atoms with van der Waals surface area (Å²) in [6, 6.07) is 4.17. The summed E-state index contributed by atoms with van der Waals surface area (Å²) in [5, 5.41) is 0. The quantitative estimate of drug-likeness (QED) is 0.816. The van der Waals surface area contributed by atoms with Gasteiger partial charge in [0, 0.05) is 30.7 Å². The van der Waals surface area contributed by atoms with E-state index >= 15 is 0 Å². The predicted octanol–water partition coefficient (Wildman–Crippen LogP) is 1.71. The molecular weight excluding hydrogens is 186 g/mol. The standard InChI is InChI=1S/C12H19N3/c1-3-5-12(13)8-15(9-12)11-4-6-14-10(2)7-11/h4,6-7H,3,5,8-9,13H2,1-2H3. The molecule has 1 aliphatic rings. The SMILES string of the molecule is CCCC1(N)CN(c2ccnc(C)c2)C1. The van der Waals surface area contributed by atoms with Crippen molar-refractivity contribution in [1.82, 2.24) is 4.98 Å². The summed E-state index contributed by atoms with van der Waals surface area (Å²) in [6.07, 6.45) is 4.15. The van der Waals surface area contributed by atoms with Crippen LogP contribution in [-0.2, 0) is 0 Å². The molecule has 0 spiro atoms. The first-order valence-corrected chi connectivity index (χ1v) is 5.59. The van der Waals surface area contributed by atoms with Crippen molar-refractivity contribution in [3.8, 4) is 0 Å². The van der Waals surface area contributed by atoms with Gasteiger partial charge in [-0.3, -0.25) is 4.98 Å². The summed E-state index contributed by atoms with van der Waals surface area (Å²) in [4.78, 5) is 6.52. The number of rotatable bonds is 3. The zero-order chi connectivity index (χ0) is 10.9. The Kier molecular flexibility index (Phi) is 2.65. The van der Waals surface area contributed by atoms with Gasteiger partial charge in [-0.1, -0.05) is 13.3 Å². The van der Waals surface area contributed by atoms with Crippen LogP contribution in [0.4, 0.5) is 5.69 Å². The van der Waals surface area contributed by atoms with E-state index < -0.39 is 0 Å². The van der Waals surface area contributed by atoms with Gasteiger partial charge in [0.1, 0.15) is 0 Å². The van der Waals surface area contributed by atoms with Crippen LogP contribution in [0.25, 0.3) is 0 Å².